The van der Waals surface area contributed by atoms with Crippen LogP contribution in [0.5, 0.6) is 5.75 Å². The van der Waals surface area contributed by atoms with E-state index >= 15 is 0 Å². The number of halogens is 1. The monoisotopic (exact) mass is 374 g/mol. The first-order valence-electron chi connectivity index (χ1n) is 9.06. The van der Waals surface area contributed by atoms with Gasteiger partial charge in [-0.05, 0) is 37.9 Å². The van der Waals surface area contributed by atoms with Gasteiger partial charge in [-0.15, -0.1) is 0 Å². The lowest BCUT2D eigenvalue weighted by Crippen LogP contribution is -2.37. The van der Waals surface area contributed by atoms with E-state index in [1.807, 2.05) is 18.2 Å². The summed E-state index contributed by atoms with van der Waals surface area (Å²) >= 11 is 6.00. The van der Waals surface area contributed by atoms with Crippen LogP contribution in [0.1, 0.15) is 17.2 Å². The Bertz CT molecular complexity index is 691. The predicted molar refractivity (Wildman–Crippen MR) is 106 cm³/mol. The molecule has 26 heavy (non-hydrogen) atoms. The highest BCUT2D eigenvalue weighted by molar-refractivity contribution is 6.30. The maximum absolute atomic E-state index is 6.00. The summed E-state index contributed by atoms with van der Waals surface area (Å²) in [5.41, 5.74) is 2.40. The maximum Gasteiger partial charge on any atom is 0.123 e. The second-order valence-electron chi connectivity index (χ2n) is 6.91. The molecule has 0 radical (unpaired) electrons. The largest absolute Gasteiger partial charge is 0.492 e. The normalized spacial score (nSPS) is 18.2. The van der Waals surface area contributed by atoms with E-state index in [9.17, 15) is 0 Å². The molecule has 0 bridgehead atoms. The van der Waals surface area contributed by atoms with E-state index in [-0.39, 0.29) is 6.10 Å². The second kappa shape index (κ2) is 9.38. The van der Waals surface area contributed by atoms with Gasteiger partial charge in [-0.25, -0.2) is 0 Å². The van der Waals surface area contributed by atoms with Gasteiger partial charge >= 0.3 is 0 Å². The molecule has 1 aliphatic rings. The number of ether oxygens (including phenoxy) is 2. The van der Waals surface area contributed by atoms with E-state index in [0.717, 1.165) is 43.6 Å². The summed E-state index contributed by atoms with van der Waals surface area (Å²) in [5.74, 6) is 0.976. The summed E-state index contributed by atoms with van der Waals surface area (Å²) in [6.07, 6.45) is 0.0860. The van der Waals surface area contributed by atoms with Gasteiger partial charge in [0, 0.05) is 36.8 Å². The van der Waals surface area contributed by atoms with E-state index in [1.54, 1.807) is 0 Å². The van der Waals surface area contributed by atoms with Crippen LogP contribution in [0, 0.1) is 0 Å². The zero-order chi connectivity index (χ0) is 18.4. The molecule has 140 valence electrons. The standard InChI is InChI=1S/C21H27ClN2O2/c1-23(2)11-13-25-20-6-4-3-5-18(20)15-24-12-14-26-21(16-24)17-7-9-19(22)10-8-17/h3-10,21H,11-16H2,1-2H3/t21-/m1/s1. The molecule has 0 N–H and O–H groups in total. The first kappa shape index (κ1) is 19.2. The smallest absolute Gasteiger partial charge is 0.123 e. The highest BCUT2D eigenvalue weighted by Gasteiger charge is 2.22. The number of rotatable bonds is 7. The van der Waals surface area contributed by atoms with Crippen LogP contribution < -0.4 is 4.74 Å². The van der Waals surface area contributed by atoms with Crippen molar-refractivity contribution >= 4 is 11.6 Å². The maximum atomic E-state index is 6.00. The fourth-order valence-corrected chi connectivity index (χ4v) is 3.21. The first-order valence-corrected chi connectivity index (χ1v) is 9.44. The summed E-state index contributed by atoms with van der Waals surface area (Å²) in [7, 11) is 4.11. The van der Waals surface area contributed by atoms with Crippen LogP contribution in [0.3, 0.4) is 0 Å². The lowest BCUT2D eigenvalue weighted by atomic mass is 10.1. The third-order valence-corrected chi connectivity index (χ3v) is 4.81. The van der Waals surface area contributed by atoms with Crippen LogP contribution >= 0.6 is 11.6 Å². The summed E-state index contributed by atoms with van der Waals surface area (Å²) in [4.78, 5) is 4.55. The van der Waals surface area contributed by atoms with E-state index in [0.29, 0.717) is 6.61 Å². The molecule has 5 heteroatoms. The zero-order valence-corrected chi connectivity index (χ0v) is 16.3. The zero-order valence-electron chi connectivity index (χ0n) is 15.5. The number of hydrogen-bond acceptors (Lipinski definition) is 4. The molecular weight excluding hydrogens is 348 g/mol. The van der Waals surface area contributed by atoms with Crippen molar-refractivity contribution in [2.45, 2.75) is 12.6 Å². The van der Waals surface area contributed by atoms with Crippen molar-refractivity contribution in [1.29, 1.82) is 0 Å². The number of nitrogens with zero attached hydrogens (tertiary/aromatic N) is 2. The summed E-state index contributed by atoms with van der Waals surface area (Å²) < 4.78 is 12.0. The fourth-order valence-electron chi connectivity index (χ4n) is 3.08. The lowest BCUT2D eigenvalue weighted by molar-refractivity contribution is -0.0331. The molecule has 2 aromatic rings. The van der Waals surface area contributed by atoms with Crippen LogP contribution in [0.25, 0.3) is 0 Å². The Hall–Kier alpha value is -1.59. The van der Waals surface area contributed by atoms with Crippen molar-refractivity contribution in [2.24, 2.45) is 0 Å². The Morgan fingerprint density at radius 1 is 1.15 bits per heavy atom. The van der Waals surface area contributed by atoms with Gasteiger partial charge in [0.15, 0.2) is 0 Å². The highest BCUT2D eigenvalue weighted by atomic mass is 35.5. The van der Waals surface area contributed by atoms with E-state index in [4.69, 9.17) is 21.1 Å². The first-order chi connectivity index (χ1) is 12.6. The average molecular weight is 375 g/mol. The van der Waals surface area contributed by atoms with Gasteiger partial charge in [0.05, 0.1) is 12.7 Å². The second-order valence-corrected chi connectivity index (χ2v) is 7.34. The van der Waals surface area contributed by atoms with Gasteiger partial charge in [-0.3, -0.25) is 4.90 Å². The third-order valence-electron chi connectivity index (χ3n) is 4.55. The average Bonchev–Trinajstić information content (AvgIpc) is 2.64. The Morgan fingerprint density at radius 2 is 1.92 bits per heavy atom. The van der Waals surface area contributed by atoms with Crippen molar-refractivity contribution in [2.75, 3.05) is 46.9 Å². The van der Waals surface area contributed by atoms with Crippen LogP contribution in [-0.4, -0.2) is 56.7 Å². The van der Waals surface area contributed by atoms with Crippen molar-refractivity contribution in [3.8, 4) is 5.75 Å². The Labute approximate surface area is 161 Å². The molecule has 0 spiro atoms. The lowest BCUT2D eigenvalue weighted by Gasteiger charge is -2.33. The highest BCUT2D eigenvalue weighted by Crippen LogP contribution is 2.26. The molecular formula is C21H27ClN2O2. The fraction of sp³-hybridized carbons (Fsp3) is 0.429. The van der Waals surface area contributed by atoms with Crippen molar-refractivity contribution in [1.82, 2.24) is 9.80 Å². The number of benzene rings is 2. The van der Waals surface area contributed by atoms with Crippen molar-refractivity contribution in [3.05, 3.63) is 64.7 Å². The van der Waals surface area contributed by atoms with Gasteiger partial charge < -0.3 is 14.4 Å². The quantitative estimate of drug-likeness (QED) is 0.734. The molecule has 0 saturated carbocycles. The number of para-hydroxylation sites is 1. The van der Waals surface area contributed by atoms with Crippen LogP contribution in [-0.2, 0) is 11.3 Å². The molecule has 1 fully saturated rings. The summed E-state index contributed by atoms with van der Waals surface area (Å²) in [5, 5.41) is 0.755. The molecule has 1 heterocycles. The summed E-state index contributed by atoms with van der Waals surface area (Å²) in [6, 6.07) is 16.3. The topological polar surface area (TPSA) is 24.9 Å². The molecule has 1 aliphatic heterocycles. The van der Waals surface area contributed by atoms with Gasteiger partial charge in [0.25, 0.3) is 0 Å². The molecule has 0 aromatic heterocycles. The number of likely N-dealkylation sites (N-methyl/N-ethyl adjacent to an activating group) is 1. The van der Waals surface area contributed by atoms with Gasteiger partial charge in [-0.2, -0.15) is 0 Å². The molecule has 1 atom stereocenters. The third kappa shape index (κ3) is 5.45. The molecule has 0 unspecified atom stereocenters. The van der Waals surface area contributed by atoms with Gasteiger partial charge in [0.1, 0.15) is 12.4 Å². The van der Waals surface area contributed by atoms with Crippen LogP contribution in [0.4, 0.5) is 0 Å². The van der Waals surface area contributed by atoms with Crippen LogP contribution in [0.2, 0.25) is 5.02 Å². The summed E-state index contributed by atoms with van der Waals surface area (Å²) in [6.45, 7) is 5.00. The Kier molecular flexibility index (Phi) is 6.92. The van der Waals surface area contributed by atoms with E-state index in [1.165, 1.54) is 11.1 Å². The molecule has 0 amide bonds. The van der Waals surface area contributed by atoms with Gasteiger partial charge in [-0.1, -0.05) is 41.9 Å². The molecule has 3 rings (SSSR count). The van der Waals surface area contributed by atoms with Crippen LogP contribution in [0.15, 0.2) is 48.5 Å². The SMILES string of the molecule is CN(C)CCOc1ccccc1CN1CCO[C@@H](c2ccc(Cl)cc2)C1. The van der Waals surface area contributed by atoms with Gasteiger partial charge in [0.2, 0.25) is 0 Å². The van der Waals surface area contributed by atoms with Crippen molar-refractivity contribution in [3.63, 3.8) is 0 Å². The Morgan fingerprint density at radius 3 is 2.69 bits per heavy atom. The number of morpholine rings is 1. The van der Waals surface area contributed by atoms with Crippen molar-refractivity contribution < 1.29 is 9.47 Å². The minimum absolute atomic E-state index is 0.0860. The molecule has 4 nitrogen and oxygen atoms in total. The molecule has 1 saturated heterocycles. The number of hydrogen-bond donors (Lipinski definition) is 0. The molecule has 0 aliphatic carbocycles. The Balaban J connectivity index is 1.62. The minimum atomic E-state index is 0.0860. The predicted octanol–water partition coefficient (Wildman–Crippen LogP) is 3.85. The minimum Gasteiger partial charge on any atom is -0.492 e. The molecule has 2 aromatic carbocycles. The van der Waals surface area contributed by atoms with E-state index in [2.05, 4.69) is 54.2 Å². The van der Waals surface area contributed by atoms with E-state index < -0.39 is 0 Å².